The van der Waals surface area contributed by atoms with Crippen LogP contribution in [0.3, 0.4) is 0 Å². The molecule has 100 valence electrons. The van der Waals surface area contributed by atoms with Gasteiger partial charge in [0.1, 0.15) is 18.3 Å². The average Bonchev–Trinajstić information content (AvgIpc) is 3.09. The maximum Gasteiger partial charge on any atom is 0.270 e. The number of aromatic amines is 1. The monoisotopic (exact) mass is 323 g/mol. The Balaban J connectivity index is 1.73. The largest absolute Gasteiger partial charge is 0.356 e. The lowest BCUT2D eigenvalue weighted by atomic mass is 10.1. The number of likely N-dealkylation sites (tertiary alicyclic amines) is 1. The van der Waals surface area contributed by atoms with Gasteiger partial charge in [-0.1, -0.05) is 0 Å². The highest BCUT2D eigenvalue weighted by molar-refractivity contribution is 9.10. The van der Waals surface area contributed by atoms with Gasteiger partial charge in [0.15, 0.2) is 0 Å². The average molecular weight is 324 g/mol. The number of nitrogens with zero attached hydrogens (tertiary/aromatic N) is 4. The van der Waals surface area contributed by atoms with Gasteiger partial charge in [-0.05, 0) is 34.8 Å². The molecule has 0 unspecified atom stereocenters. The number of halogens is 1. The van der Waals surface area contributed by atoms with Gasteiger partial charge in [0, 0.05) is 23.8 Å². The summed E-state index contributed by atoms with van der Waals surface area (Å²) in [6.07, 6.45) is 7.03. The van der Waals surface area contributed by atoms with Crippen molar-refractivity contribution in [3.8, 4) is 0 Å². The van der Waals surface area contributed by atoms with Crippen LogP contribution in [0.5, 0.6) is 0 Å². The molecule has 0 radical (unpaired) electrons. The second-order valence-corrected chi connectivity index (χ2v) is 5.57. The number of hydrogen-bond donors (Lipinski definition) is 1. The maximum absolute atomic E-state index is 12.4. The summed E-state index contributed by atoms with van der Waals surface area (Å²) in [4.78, 5) is 21.2. The van der Waals surface area contributed by atoms with Crippen molar-refractivity contribution in [2.75, 3.05) is 13.1 Å². The quantitative estimate of drug-likeness (QED) is 0.917. The Morgan fingerprint density at radius 3 is 3.11 bits per heavy atom. The third-order valence-corrected chi connectivity index (χ3v) is 3.83. The lowest BCUT2D eigenvalue weighted by Gasteiger charge is -2.32. The minimum atomic E-state index is 0.0375. The summed E-state index contributed by atoms with van der Waals surface area (Å²) in [5, 5.41) is 4.16. The molecule has 2 aromatic rings. The third kappa shape index (κ3) is 2.56. The first-order valence-corrected chi connectivity index (χ1v) is 7.00. The first kappa shape index (κ1) is 12.4. The third-order valence-electron chi connectivity index (χ3n) is 3.37. The van der Waals surface area contributed by atoms with Crippen molar-refractivity contribution in [1.29, 1.82) is 0 Å². The zero-order valence-corrected chi connectivity index (χ0v) is 11.9. The Kier molecular flexibility index (Phi) is 3.37. The molecule has 3 heterocycles. The van der Waals surface area contributed by atoms with Crippen LogP contribution >= 0.6 is 15.9 Å². The summed E-state index contributed by atoms with van der Waals surface area (Å²) in [7, 11) is 0. The van der Waals surface area contributed by atoms with Gasteiger partial charge in [-0.15, -0.1) is 0 Å². The van der Waals surface area contributed by atoms with Crippen molar-refractivity contribution in [2.24, 2.45) is 0 Å². The number of amides is 1. The summed E-state index contributed by atoms with van der Waals surface area (Å²) >= 11 is 3.34. The molecule has 7 heteroatoms. The van der Waals surface area contributed by atoms with E-state index in [1.807, 2.05) is 9.58 Å². The SMILES string of the molecule is O=C(c1cc(Br)c[nH]1)N1CCC[C@@H](n2cncn2)C1. The van der Waals surface area contributed by atoms with Gasteiger partial charge in [0.2, 0.25) is 0 Å². The fourth-order valence-electron chi connectivity index (χ4n) is 2.42. The number of carbonyl (C=O) groups is 1. The van der Waals surface area contributed by atoms with E-state index in [-0.39, 0.29) is 11.9 Å². The summed E-state index contributed by atoms with van der Waals surface area (Å²) in [6, 6.07) is 2.03. The predicted octanol–water partition coefficient (Wildman–Crippen LogP) is 1.85. The smallest absolute Gasteiger partial charge is 0.270 e. The Bertz CT molecular complexity index is 564. The maximum atomic E-state index is 12.4. The molecule has 1 N–H and O–H groups in total. The van der Waals surface area contributed by atoms with Crippen LogP contribution in [-0.2, 0) is 0 Å². The van der Waals surface area contributed by atoms with Gasteiger partial charge in [0.05, 0.1) is 6.04 Å². The molecule has 1 atom stereocenters. The molecule has 0 bridgehead atoms. The first-order valence-electron chi connectivity index (χ1n) is 6.21. The van der Waals surface area contributed by atoms with Crippen LogP contribution in [-0.4, -0.2) is 43.6 Å². The molecule has 0 spiro atoms. The van der Waals surface area contributed by atoms with Crippen LogP contribution in [0, 0.1) is 0 Å². The van der Waals surface area contributed by atoms with Crippen LogP contribution in [0.2, 0.25) is 0 Å². The number of H-pyrrole nitrogens is 1. The zero-order chi connectivity index (χ0) is 13.2. The highest BCUT2D eigenvalue weighted by Gasteiger charge is 2.26. The fraction of sp³-hybridized carbons (Fsp3) is 0.417. The summed E-state index contributed by atoms with van der Waals surface area (Å²) in [6.45, 7) is 1.47. The van der Waals surface area contributed by atoms with E-state index in [9.17, 15) is 4.79 Å². The molecule has 1 fully saturated rings. The van der Waals surface area contributed by atoms with Crippen molar-refractivity contribution in [2.45, 2.75) is 18.9 Å². The first-order chi connectivity index (χ1) is 9.24. The van der Waals surface area contributed by atoms with E-state index >= 15 is 0 Å². The second-order valence-electron chi connectivity index (χ2n) is 4.65. The molecule has 0 aliphatic carbocycles. The molecule has 1 aliphatic heterocycles. The Morgan fingerprint density at radius 1 is 1.53 bits per heavy atom. The van der Waals surface area contributed by atoms with Crippen molar-refractivity contribution >= 4 is 21.8 Å². The number of rotatable bonds is 2. The summed E-state index contributed by atoms with van der Waals surface area (Å²) in [5.41, 5.74) is 0.617. The van der Waals surface area contributed by atoms with E-state index in [1.165, 1.54) is 6.33 Å². The van der Waals surface area contributed by atoms with Crippen molar-refractivity contribution in [3.63, 3.8) is 0 Å². The molecule has 6 nitrogen and oxygen atoms in total. The molecule has 3 rings (SSSR count). The van der Waals surface area contributed by atoms with Crippen molar-refractivity contribution in [1.82, 2.24) is 24.6 Å². The van der Waals surface area contributed by atoms with Gasteiger partial charge in [-0.2, -0.15) is 5.10 Å². The van der Waals surface area contributed by atoms with Crippen molar-refractivity contribution < 1.29 is 4.79 Å². The van der Waals surface area contributed by atoms with Crippen LogP contribution in [0.4, 0.5) is 0 Å². The van der Waals surface area contributed by atoms with Crippen molar-refractivity contribution in [3.05, 3.63) is 35.1 Å². The van der Waals surface area contributed by atoms with E-state index in [2.05, 4.69) is 31.0 Å². The molecule has 2 aromatic heterocycles. The van der Waals surface area contributed by atoms with E-state index in [1.54, 1.807) is 18.6 Å². The minimum Gasteiger partial charge on any atom is -0.356 e. The molecule has 0 aromatic carbocycles. The van der Waals surface area contributed by atoms with Gasteiger partial charge >= 0.3 is 0 Å². The second kappa shape index (κ2) is 5.16. The van der Waals surface area contributed by atoms with E-state index in [0.717, 1.165) is 23.9 Å². The van der Waals surface area contributed by atoms with Crippen LogP contribution in [0.1, 0.15) is 29.4 Å². The predicted molar refractivity (Wildman–Crippen MR) is 72.7 cm³/mol. The number of hydrogen-bond acceptors (Lipinski definition) is 3. The topological polar surface area (TPSA) is 66.8 Å². The Labute approximate surface area is 118 Å². The van der Waals surface area contributed by atoms with Gasteiger partial charge in [0.25, 0.3) is 5.91 Å². The van der Waals surface area contributed by atoms with Crippen LogP contribution in [0.25, 0.3) is 0 Å². The van der Waals surface area contributed by atoms with E-state index < -0.39 is 0 Å². The molecule has 19 heavy (non-hydrogen) atoms. The standard InChI is InChI=1S/C12H14BrN5O/c13-9-4-11(15-5-9)12(19)17-3-1-2-10(6-17)18-8-14-7-16-18/h4-5,7-8,10,15H,1-3,6H2/t10-/m1/s1. The van der Waals surface area contributed by atoms with Crippen LogP contribution in [0.15, 0.2) is 29.4 Å². The molecule has 1 saturated heterocycles. The van der Waals surface area contributed by atoms with Gasteiger partial charge in [-0.3, -0.25) is 4.79 Å². The molecule has 1 aliphatic rings. The summed E-state index contributed by atoms with van der Waals surface area (Å²) < 4.78 is 2.73. The highest BCUT2D eigenvalue weighted by atomic mass is 79.9. The lowest BCUT2D eigenvalue weighted by molar-refractivity contribution is 0.0667. The normalized spacial score (nSPS) is 19.6. The van der Waals surface area contributed by atoms with E-state index in [4.69, 9.17) is 0 Å². The van der Waals surface area contributed by atoms with Crippen LogP contribution < -0.4 is 0 Å². The Morgan fingerprint density at radius 2 is 2.42 bits per heavy atom. The number of piperidine rings is 1. The fourth-order valence-corrected chi connectivity index (χ4v) is 2.77. The Hall–Kier alpha value is -1.63. The molecular weight excluding hydrogens is 310 g/mol. The lowest BCUT2D eigenvalue weighted by Crippen LogP contribution is -2.41. The number of aromatic nitrogens is 4. The minimum absolute atomic E-state index is 0.0375. The highest BCUT2D eigenvalue weighted by Crippen LogP contribution is 2.22. The molecule has 0 saturated carbocycles. The number of carbonyl (C=O) groups excluding carboxylic acids is 1. The summed E-state index contributed by atoms with van der Waals surface area (Å²) in [5.74, 6) is 0.0375. The van der Waals surface area contributed by atoms with E-state index in [0.29, 0.717) is 12.2 Å². The number of nitrogens with one attached hydrogen (secondary N) is 1. The molecular formula is C12H14BrN5O. The zero-order valence-electron chi connectivity index (χ0n) is 10.3. The van der Waals surface area contributed by atoms with Gasteiger partial charge < -0.3 is 9.88 Å². The molecule has 1 amide bonds. The van der Waals surface area contributed by atoms with Gasteiger partial charge in [-0.25, -0.2) is 9.67 Å².